The maximum atomic E-state index is 9.28. The van der Waals surface area contributed by atoms with Crippen LogP contribution in [0.2, 0.25) is 0 Å². The second-order valence-electron chi connectivity index (χ2n) is 4.96. The third kappa shape index (κ3) is 3.35. The van der Waals surface area contributed by atoms with E-state index in [9.17, 15) is 5.11 Å². The lowest BCUT2D eigenvalue weighted by molar-refractivity contribution is 0.209. The molecule has 1 aliphatic rings. The number of aliphatic hydroxyl groups is 1. The second kappa shape index (κ2) is 6.59. The Bertz CT molecular complexity index is 370. The zero-order chi connectivity index (χ0) is 12.8. The van der Waals surface area contributed by atoms with E-state index in [2.05, 4.69) is 34.3 Å². The lowest BCUT2D eigenvalue weighted by atomic mass is 9.98. The molecule has 0 aliphatic carbocycles. The van der Waals surface area contributed by atoms with Gasteiger partial charge in [-0.3, -0.25) is 0 Å². The summed E-state index contributed by atoms with van der Waals surface area (Å²) in [5.41, 5.74) is 1.21. The predicted octanol–water partition coefficient (Wildman–Crippen LogP) is 2.11. The monoisotopic (exact) mass is 249 g/mol. The molecule has 18 heavy (non-hydrogen) atoms. The van der Waals surface area contributed by atoms with Gasteiger partial charge in [0.2, 0.25) is 0 Å². The Balaban J connectivity index is 2.02. The number of nitrogens with zero attached hydrogens (tertiary/aromatic N) is 2. The van der Waals surface area contributed by atoms with Crippen molar-refractivity contribution < 1.29 is 5.11 Å². The number of hydrogen-bond acceptors (Lipinski definition) is 4. The second-order valence-corrected chi connectivity index (χ2v) is 4.96. The highest BCUT2D eigenvalue weighted by atomic mass is 16.3. The van der Waals surface area contributed by atoms with Crippen LogP contribution >= 0.6 is 0 Å². The van der Waals surface area contributed by atoms with Crippen molar-refractivity contribution in [3.05, 3.63) is 18.3 Å². The molecule has 0 bridgehead atoms. The largest absolute Gasteiger partial charge is 0.396 e. The van der Waals surface area contributed by atoms with Crippen LogP contribution in [0.15, 0.2) is 18.3 Å². The van der Waals surface area contributed by atoms with E-state index in [0.29, 0.717) is 12.5 Å². The molecule has 2 rings (SSSR count). The highest BCUT2D eigenvalue weighted by molar-refractivity contribution is 5.54. The normalized spacial score (nSPS) is 19.9. The Kier molecular flexibility index (Phi) is 4.81. The van der Waals surface area contributed by atoms with Gasteiger partial charge in [-0.2, -0.15) is 0 Å². The van der Waals surface area contributed by atoms with Crippen molar-refractivity contribution in [3.63, 3.8) is 0 Å². The number of hydrogen-bond donors (Lipinski definition) is 2. The summed E-state index contributed by atoms with van der Waals surface area (Å²) >= 11 is 0. The van der Waals surface area contributed by atoms with E-state index in [1.54, 1.807) is 0 Å². The van der Waals surface area contributed by atoms with Crippen LogP contribution in [0.25, 0.3) is 0 Å². The van der Waals surface area contributed by atoms with E-state index >= 15 is 0 Å². The van der Waals surface area contributed by atoms with Crippen molar-refractivity contribution in [2.75, 3.05) is 36.5 Å². The molecule has 1 saturated heterocycles. The predicted molar refractivity (Wildman–Crippen MR) is 75.0 cm³/mol. The summed E-state index contributed by atoms with van der Waals surface area (Å²) in [7, 11) is 0. The summed E-state index contributed by atoms with van der Waals surface area (Å²) in [6.07, 6.45) is 5.25. The third-order valence-electron chi connectivity index (χ3n) is 3.44. The molecule has 2 N–H and O–H groups in total. The summed E-state index contributed by atoms with van der Waals surface area (Å²) in [4.78, 5) is 6.67. The Morgan fingerprint density at radius 1 is 1.56 bits per heavy atom. The minimum atomic E-state index is 0.294. The van der Waals surface area contributed by atoms with Gasteiger partial charge in [-0.05, 0) is 31.2 Å². The molecule has 0 amide bonds. The fourth-order valence-electron chi connectivity index (χ4n) is 2.41. The summed E-state index contributed by atoms with van der Waals surface area (Å²) in [6, 6.07) is 4.16. The molecule has 0 aromatic carbocycles. The third-order valence-corrected chi connectivity index (χ3v) is 3.44. The number of pyridine rings is 1. The van der Waals surface area contributed by atoms with Gasteiger partial charge in [-0.25, -0.2) is 4.98 Å². The summed E-state index contributed by atoms with van der Waals surface area (Å²) in [5.74, 6) is 1.36. The van der Waals surface area contributed by atoms with Gasteiger partial charge in [0.1, 0.15) is 5.82 Å². The number of aliphatic hydroxyl groups excluding tert-OH is 1. The molecule has 1 unspecified atom stereocenters. The van der Waals surface area contributed by atoms with Crippen LogP contribution in [0.5, 0.6) is 0 Å². The van der Waals surface area contributed by atoms with E-state index in [0.717, 1.165) is 44.7 Å². The lowest BCUT2D eigenvalue weighted by Gasteiger charge is -2.33. The van der Waals surface area contributed by atoms with Gasteiger partial charge in [0, 0.05) is 44.2 Å². The van der Waals surface area contributed by atoms with Gasteiger partial charge in [0.15, 0.2) is 0 Å². The van der Waals surface area contributed by atoms with E-state index in [4.69, 9.17) is 0 Å². The zero-order valence-corrected chi connectivity index (χ0v) is 11.1. The van der Waals surface area contributed by atoms with Gasteiger partial charge < -0.3 is 15.3 Å². The average molecular weight is 249 g/mol. The van der Waals surface area contributed by atoms with Crippen molar-refractivity contribution >= 4 is 11.5 Å². The van der Waals surface area contributed by atoms with Crippen molar-refractivity contribution in [1.29, 1.82) is 0 Å². The Hall–Kier alpha value is -1.29. The highest BCUT2D eigenvalue weighted by Gasteiger charge is 2.19. The first-order chi connectivity index (χ1) is 8.83. The van der Waals surface area contributed by atoms with Crippen molar-refractivity contribution in [2.24, 2.45) is 5.92 Å². The van der Waals surface area contributed by atoms with Crippen molar-refractivity contribution in [1.82, 2.24) is 4.98 Å². The average Bonchev–Trinajstić information content (AvgIpc) is 2.45. The van der Waals surface area contributed by atoms with Gasteiger partial charge in [-0.15, -0.1) is 0 Å². The van der Waals surface area contributed by atoms with Crippen LogP contribution < -0.4 is 10.2 Å². The molecule has 2 heterocycles. The minimum Gasteiger partial charge on any atom is -0.396 e. The maximum absolute atomic E-state index is 9.28. The van der Waals surface area contributed by atoms with Crippen molar-refractivity contribution in [2.45, 2.75) is 26.2 Å². The van der Waals surface area contributed by atoms with Crippen molar-refractivity contribution in [3.8, 4) is 0 Å². The van der Waals surface area contributed by atoms with E-state index in [1.165, 1.54) is 5.69 Å². The number of rotatable bonds is 5. The van der Waals surface area contributed by atoms with Gasteiger partial charge in [-0.1, -0.05) is 6.92 Å². The standard InChI is InChI=1S/C14H23N3O/c1-2-6-15-14-9-13(5-7-16-14)17-8-3-4-12(10-17)11-18/h5,7,9,12,18H,2-4,6,8,10-11H2,1H3,(H,15,16). The summed E-state index contributed by atoms with van der Waals surface area (Å²) in [6.45, 7) is 5.42. The zero-order valence-electron chi connectivity index (χ0n) is 11.1. The van der Waals surface area contributed by atoms with Gasteiger partial charge >= 0.3 is 0 Å². The molecule has 1 aliphatic heterocycles. The number of piperidine rings is 1. The van der Waals surface area contributed by atoms with Gasteiger partial charge in [0.25, 0.3) is 0 Å². The molecule has 0 saturated carbocycles. The Morgan fingerprint density at radius 2 is 2.44 bits per heavy atom. The molecule has 1 atom stereocenters. The van der Waals surface area contributed by atoms with Crippen LogP contribution in [0.4, 0.5) is 11.5 Å². The molecular formula is C14H23N3O. The molecule has 0 spiro atoms. The van der Waals surface area contributed by atoms with E-state index < -0.39 is 0 Å². The first-order valence-electron chi connectivity index (χ1n) is 6.89. The molecule has 1 aromatic heterocycles. The molecule has 4 nitrogen and oxygen atoms in total. The molecule has 1 fully saturated rings. The molecular weight excluding hydrogens is 226 g/mol. The van der Waals surface area contributed by atoms with Gasteiger partial charge in [0.05, 0.1) is 0 Å². The fourth-order valence-corrected chi connectivity index (χ4v) is 2.41. The first kappa shape index (κ1) is 13.1. The van der Waals surface area contributed by atoms with E-state index in [-0.39, 0.29) is 0 Å². The molecule has 1 aromatic rings. The molecule has 0 radical (unpaired) electrons. The number of aromatic nitrogens is 1. The quantitative estimate of drug-likeness (QED) is 0.839. The van der Waals surface area contributed by atoms with Crippen LogP contribution in [0.1, 0.15) is 26.2 Å². The first-order valence-corrected chi connectivity index (χ1v) is 6.89. The Morgan fingerprint density at radius 3 is 3.22 bits per heavy atom. The van der Waals surface area contributed by atoms with E-state index in [1.807, 2.05) is 6.20 Å². The lowest BCUT2D eigenvalue weighted by Crippen LogP contribution is -2.36. The smallest absolute Gasteiger partial charge is 0.127 e. The maximum Gasteiger partial charge on any atom is 0.127 e. The number of anilines is 2. The molecule has 4 heteroatoms. The fraction of sp³-hybridized carbons (Fsp3) is 0.643. The highest BCUT2D eigenvalue weighted by Crippen LogP contribution is 2.24. The SMILES string of the molecule is CCCNc1cc(N2CCCC(CO)C2)ccn1. The van der Waals surface area contributed by atoms with Crippen LogP contribution in [-0.2, 0) is 0 Å². The summed E-state index contributed by atoms with van der Waals surface area (Å²) in [5, 5.41) is 12.6. The summed E-state index contributed by atoms with van der Waals surface area (Å²) < 4.78 is 0. The Labute approximate surface area is 109 Å². The minimum absolute atomic E-state index is 0.294. The van der Waals surface area contributed by atoms with Crippen LogP contribution in [0, 0.1) is 5.92 Å². The van der Waals surface area contributed by atoms with Crippen LogP contribution in [0.3, 0.4) is 0 Å². The molecule has 100 valence electrons. The van der Waals surface area contributed by atoms with Crippen LogP contribution in [-0.4, -0.2) is 36.3 Å². The topological polar surface area (TPSA) is 48.4 Å². The number of nitrogens with one attached hydrogen (secondary N) is 1.